The zero-order chi connectivity index (χ0) is 26.8. The Morgan fingerprint density at radius 3 is 2.41 bits per heavy atom. The predicted octanol–water partition coefficient (Wildman–Crippen LogP) is 4.56. The summed E-state index contributed by atoms with van der Waals surface area (Å²) < 4.78 is 6.02. The van der Waals surface area contributed by atoms with Gasteiger partial charge in [0.1, 0.15) is 17.3 Å². The number of amides is 1. The van der Waals surface area contributed by atoms with Crippen LogP contribution in [0.4, 0.5) is 5.69 Å². The van der Waals surface area contributed by atoms with Gasteiger partial charge in [-0.25, -0.2) is 0 Å². The van der Waals surface area contributed by atoms with Gasteiger partial charge < -0.3 is 9.64 Å². The molecular weight excluding hydrogens is 488 g/mol. The Bertz CT molecular complexity index is 1350. The molecule has 0 radical (unpaired) electrons. The molecule has 39 heavy (non-hydrogen) atoms. The number of ether oxygens (including phenoxy) is 1. The number of anilines is 1. The highest BCUT2D eigenvalue weighted by atomic mass is 16.5. The van der Waals surface area contributed by atoms with Gasteiger partial charge in [-0.3, -0.25) is 24.9 Å². The zero-order valence-electron chi connectivity index (χ0n) is 22.7. The van der Waals surface area contributed by atoms with Crippen molar-refractivity contribution in [1.29, 1.82) is 0 Å². The van der Waals surface area contributed by atoms with Crippen molar-refractivity contribution in [3.8, 4) is 11.5 Å². The second-order valence-corrected chi connectivity index (χ2v) is 10.6. The van der Waals surface area contributed by atoms with Crippen LogP contribution in [0.1, 0.15) is 36.2 Å². The van der Waals surface area contributed by atoms with Crippen LogP contribution in [0.5, 0.6) is 11.5 Å². The van der Waals surface area contributed by atoms with Crippen molar-refractivity contribution in [1.82, 2.24) is 20.1 Å². The predicted molar refractivity (Wildman–Crippen MR) is 154 cm³/mol. The van der Waals surface area contributed by atoms with E-state index in [2.05, 4.69) is 43.4 Å². The second-order valence-electron chi connectivity index (χ2n) is 10.6. The summed E-state index contributed by atoms with van der Waals surface area (Å²) in [6, 6.07) is 26.1. The molecule has 6 rings (SSSR count). The minimum absolute atomic E-state index is 0.0602. The van der Waals surface area contributed by atoms with Crippen molar-refractivity contribution in [2.24, 2.45) is 5.10 Å². The third kappa shape index (κ3) is 5.10. The first-order valence-corrected chi connectivity index (χ1v) is 13.8. The molecule has 3 heterocycles. The number of amidine groups is 1. The van der Waals surface area contributed by atoms with E-state index in [-0.39, 0.29) is 5.91 Å². The normalized spacial score (nSPS) is 21.3. The molecule has 0 aliphatic carbocycles. The van der Waals surface area contributed by atoms with E-state index in [0.717, 1.165) is 74.3 Å². The molecule has 8 nitrogen and oxygen atoms in total. The van der Waals surface area contributed by atoms with Crippen LogP contribution in [0, 0.1) is 0 Å². The second kappa shape index (κ2) is 10.7. The number of hydrazone groups is 1. The minimum atomic E-state index is -0.674. The third-order valence-corrected chi connectivity index (χ3v) is 7.94. The lowest BCUT2D eigenvalue weighted by molar-refractivity contribution is 0.0409. The standard InChI is InChI=1S/C31H36N6O2/c1-24-32-33-31(2)36(30(38)28-14-6-7-15-29(28)37(24)31)17-9-16-34-18-20-35(21-19-34)23-25-10-8-13-27(22-25)39-26-11-4-3-5-12-26/h3-8,10-15,22,33H,9,16-21,23H2,1-2H3. The first-order chi connectivity index (χ1) is 19.0. The van der Waals surface area contributed by atoms with Crippen LogP contribution in [0.15, 0.2) is 84.0 Å². The number of carbonyl (C=O) groups excluding carboxylic acids is 1. The van der Waals surface area contributed by atoms with E-state index in [0.29, 0.717) is 6.54 Å². The Morgan fingerprint density at radius 1 is 0.872 bits per heavy atom. The van der Waals surface area contributed by atoms with Crippen molar-refractivity contribution >= 4 is 17.4 Å². The van der Waals surface area contributed by atoms with Crippen LogP contribution >= 0.6 is 0 Å². The molecule has 3 aliphatic rings. The molecule has 8 heteroatoms. The number of hydrogen-bond acceptors (Lipinski definition) is 7. The molecule has 0 spiro atoms. The molecule has 3 aromatic carbocycles. The summed E-state index contributed by atoms with van der Waals surface area (Å²) in [4.78, 5) is 22.6. The van der Waals surface area contributed by atoms with Gasteiger partial charge in [0.2, 0.25) is 5.79 Å². The molecule has 202 valence electrons. The summed E-state index contributed by atoms with van der Waals surface area (Å²) in [6.07, 6.45) is 0.914. The summed E-state index contributed by atoms with van der Waals surface area (Å²) in [5, 5.41) is 4.48. The van der Waals surface area contributed by atoms with Gasteiger partial charge in [-0.05, 0) is 68.8 Å². The van der Waals surface area contributed by atoms with Crippen LogP contribution in [-0.4, -0.2) is 71.5 Å². The lowest BCUT2D eigenvalue weighted by Crippen LogP contribution is -2.68. The first-order valence-electron chi connectivity index (χ1n) is 13.8. The van der Waals surface area contributed by atoms with Gasteiger partial charge in [-0.15, -0.1) is 0 Å². The first kappa shape index (κ1) is 25.4. The zero-order valence-corrected chi connectivity index (χ0v) is 22.7. The van der Waals surface area contributed by atoms with E-state index in [9.17, 15) is 4.79 Å². The molecule has 1 unspecified atom stereocenters. The maximum absolute atomic E-state index is 13.5. The topological polar surface area (TPSA) is 63.7 Å². The molecule has 1 atom stereocenters. The summed E-state index contributed by atoms with van der Waals surface area (Å²) in [7, 11) is 0. The summed E-state index contributed by atoms with van der Waals surface area (Å²) in [5.74, 6) is 1.98. The fourth-order valence-electron chi connectivity index (χ4n) is 5.92. The van der Waals surface area contributed by atoms with Crippen molar-refractivity contribution in [3.63, 3.8) is 0 Å². The molecule has 1 N–H and O–H groups in total. The van der Waals surface area contributed by atoms with E-state index in [1.807, 2.05) is 79.4 Å². The molecule has 3 aliphatic heterocycles. The lowest BCUT2D eigenvalue weighted by Gasteiger charge is -2.48. The quantitative estimate of drug-likeness (QED) is 0.466. The number of rotatable bonds is 8. The number of fused-ring (bicyclic) bond motifs is 3. The van der Waals surface area contributed by atoms with Gasteiger partial charge in [0.15, 0.2) is 0 Å². The van der Waals surface area contributed by atoms with E-state index < -0.39 is 5.79 Å². The minimum Gasteiger partial charge on any atom is -0.457 e. The highest BCUT2D eigenvalue weighted by Crippen LogP contribution is 2.38. The van der Waals surface area contributed by atoms with Gasteiger partial charge >= 0.3 is 0 Å². The summed E-state index contributed by atoms with van der Waals surface area (Å²) >= 11 is 0. The molecule has 0 saturated carbocycles. The van der Waals surface area contributed by atoms with Gasteiger partial charge in [0.05, 0.1) is 11.3 Å². The van der Waals surface area contributed by atoms with Crippen LogP contribution in [0.2, 0.25) is 0 Å². The van der Waals surface area contributed by atoms with Crippen LogP contribution in [0.25, 0.3) is 0 Å². The SMILES string of the molecule is CC1=NNC2(C)N(CCCN3CCN(Cc4cccc(Oc5ccccc5)c4)CC3)C(=O)c3ccccc3N12. The Balaban J connectivity index is 1.00. The monoisotopic (exact) mass is 524 g/mol. The number of nitrogens with one attached hydrogen (secondary N) is 1. The van der Waals surface area contributed by atoms with Crippen LogP contribution in [-0.2, 0) is 6.54 Å². The molecular formula is C31H36N6O2. The van der Waals surface area contributed by atoms with Crippen molar-refractivity contribution < 1.29 is 9.53 Å². The largest absolute Gasteiger partial charge is 0.457 e. The van der Waals surface area contributed by atoms with Gasteiger partial charge in [-0.2, -0.15) is 5.10 Å². The number of piperazine rings is 1. The average molecular weight is 525 g/mol. The van der Waals surface area contributed by atoms with E-state index in [1.54, 1.807) is 0 Å². The number of carbonyl (C=O) groups is 1. The molecule has 0 aromatic heterocycles. The Kier molecular flexibility index (Phi) is 6.97. The highest BCUT2D eigenvalue weighted by molar-refractivity contribution is 6.10. The highest BCUT2D eigenvalue weighted by Gasteiger charge is 2.50. The molecule has 1 fully saturated rings. The number of hydrogen-bond donors (Lipinski definition) is 1. The average Bonchev–Trinajstić information content (AvgIpc) is 3.27. The fraction of sp³-hybridized carbons (Fsp3) is 0.355. The number of para-hydroxylation sites is 2. The Morgan fingerprint density at radius 2 is 1.59 bits per heavy atom. The van der Waals surface area contributed by atoms with Crippen molar-refractivity contribution in [2.75, 3.05) is 44.2 Å². The maximum Gasteiger partial charge on any atom is 0.259 e. The maximum atomic E-state index is 13.5. The van der Waals surface area contributed by atoms with Gasteiger partial charge in [0.25, 0.3) is 5.91 Å². The summed E-state index contributed by atoms with van der Waals surface area (Å²) in [6.45, 7) is 10.7. The molecule has 1 saturated heterocycles. The van der Waals surface area contributed by atoms with Crippen molar-refractivity contribution in [3.05, 3.63) is 90.0 Å². The molecule has 3 aromatic rings. The van der Waals surface area contributed by atoms with Crippen LogP contribution in [0.3, 0.4) is 0 Å². The van der Waals surface area contributed by atoms with E-state index >= 15 is 0 Å². The Labute approximate surface area is 230 Å². The fourth-order valence-corrected chi connectivity index (χ4v) is 5.92. The summed E-state index contributed by atoms with van der Waals surface area (Å²) in [5.41, 5.74) is 6.15. The Hall–Kier alpha value is -3.88. The van der Waals surface area contributed by atoms with E-state index in [1.165, 1.54) is 5.56 Å². The number of nitrogens with zero attached hydrogens (tertiary/aromatic N) is 5. The third-order valence-electron chi connectivity index (χ3n) is 7.94. The van der Waals surface area contributed by atoms with Gasteiger partial charge in [-0.1, -0.05) is 42.5 Å². The van der Waals surface area contributed by atoms with E-state index in [4.69, 9.17) is 4.74 Å². The van der Waals surface area contributed by atoms with Crippen molar-refractivity contribution in [2.45, 2.75) is 32.6 Å². The number of benzene rings is 3. The van der Waals surface area contributed by atoms with Crippen LogP contribution < -0.4 is 15.1 Å². The smallest absolute Gasteiger partial charge is 0.259 e. The lowest BCUT2D eigenvalue weighted by atomic mass is 10.0. The molecule has 0 bridgehead atoms. The molecule has 1 amide bonds. The van der Waals surface area contributed by atoms with Gasteiger partial charge in [0, 0.05) is 39.3 Å².